The van der Waals surface area contributed by atoms with Crippen LogP contribution in [0.25, 0.3) is 0 Å². The lowest BCUT2D eigenvalue weighted by Crippen LogP contribution is -1.98. The van der Waals surface area contributed by atoms with Gasteiger partial charge in [-0.25, -0.2) is 8.78 Å². The van der Waals surface area contributed by atoms with E-state index < -0.39 is 11.6 Å². The van der Waals surface area contributed by atoms with Crippen molar-refractivity contribution in [3.05, 3.63) is 34.9 Å². The summed E-state index contributed by atoms with van der Waals surface area (Å²) in [6, 6.07) is 3.38. The standard InChI is InChI=1S/C17H26F2/c1-4-8-13(2)9-6-5-7-10-15-12-11-14(3)16(18)17(15)19/h11-13H,4-10H2,1-3H3. The molecule has 0 fully saturated rings. The highest BCUT2D eigenvalue weighted by atomic mass is 19.2. The number of rotatable bonds is 8. The SMILES string of the molecule is CCCC(C)CCCCCc1ccc(C)c(F)c1F. The lowest BCUT2D eigenvalue weighted by molar-refractivity contribution is 0.453. The van der Waals surface area contributed by atoms with Crippen molar-refractivity contribution >= 4 is 0 Å². The molecule has 0 saturated heterocycles. The Bertz CT molecular complexity index is 385. The number of unbranched alkanes of at least 4 members (excludes halogenated alkanes) is 2. The van der Waals surface area contributed by atoms with E-state index in [1.165, 1.54) is 25.7 Å². The van der Waals surface area contributed by atoms with Gasteiger partial charge >= 0.3 is 0 Å². The molecule has 108 valence electrons. The highest BCUT2D eigenvalue weighted by Crippen LogP contribution is 2.19. The summed E-state index contributed by atoms with van der Waals surface area (Å²) in [5, 5.41) is 0. The molecule has 0 N–H and O–H groups in total. The molecule has 0 amide bonds. The van der Waals surface area contributed by atoms with E-state index in [9.17, 15) is 8.78 Å². The maximum Gasteiger partial charge on any atom is 0.162 e. The lowest BCUT2D eigenvalue weighted by Gasteiger charge is -2.09. The van der Waals surface area contributed by atoms with Crippen LogP contribution in [0.5, 0.6) is 0 Å². The van der Waals surface area contributed by atoms with E-state index in [2.05, 4.69) is 13.8 Å². The molecule has 1 aromatic rings. The van der Waals surface area contributed by atoms with Gasteiger partial charge in [-0.1, -0.05) is 58.1 Å². The van der Waals surface area contributed by atoms with Crippen LogP contribution >= 0.6 is 0 Å². The van der Waals surface area contributed by atoms with Gasteiger partial charge in [0, 0.05) is 0 Å². The summed E-state index contributed by atoms with van der Waals surface area (Å²) in [4.78, 5) is 0. The zero-order valence-electron chi connectivity index (χ0n) is 12.4. The largest absolute Gasteiger partial charge is 0.203 e. The number of benzene rings is 1. The van der Waals surface area contributed by atoms with Gasteiger partial charge in [-0.15, -0.1) is 0 Å². The summed E-state index contributed by atoms with van der Waals surface area (Å²) in [6.07, 6.45) is 7.66. The number of hydrogen-bond acceptors (Lipinski definition) is 0. The third-order valence-corrected chi connectivity index (χ3v) is 3.78. The van der Waals surface area contributed by atoms with Crippen LogP contribution in [-0.4, -0.2) is 0 Å². The zero-order chi connectivity index (χ0) is 14.3. The van der Waals surface area contributed by atoms with Gasteiger partial charge < -0.3 is 0 Å². The second kappa shape index (κ2) is 8.29. The minimum absolute atomic E-state index is 0.384. The van der Waals surface area contributed by atoms with Crippen molar-refractivity contribution in [2.24, 2.45) is 5.92 Å². The minimum Gasteiger partial charge on any atom is -0.203 e. The van der Waals surface area contributed by atoms with E-state index in [0.29, 0.717) is 17.5 Å². The molecule has 0 spiro atoms. The first kappa shape index (κ1) is 16.1. The fourth-order valence-corrected chi connectivity index (χ4v) is 2.50. The molecule has 2 heteroatoms. The van der Waals surface area contributed by atoms with E-state index in [1.807, 2.05) is 0 Å². The summed E-state index contributed by atoms with van der Waals surface area (Å²) in [5.41, 5.74) is 0.902. The fourth-order valence-electron chi connectivity index (χ4n) is 2.50. The van der Waals surface area contributed by atoms with Gasteiger partial charge in [0.05, 0.1) is 0 Å². The monoisotopic (exact) mass is 268 g/mol. The number of halogens is 2. The van der Waals surface area contributed by atoms with Crippen LogP contribution in [0.4, 0.5) is 8.78 Å². The van der Waals surface area contributed by atoms with Gasteiger partial charge in [-0.3, -0.25) is 0 Å². The smallest absolute Gasteiger partial charge is 0.162 e. The fraction of sp³-hybridized carbons (Fsp3) is 0.647. The normalized spacial score (nSPS) is 12.7. The lowest BCUT2D eigenvalue weighted by atomic mass is 9.97. The van der Waals surface area contributed by atoms with E-state index in [1.54, 1.807) is 19.1 Å². The average molecular weight is 268 g/mol. The quantitative estimate of drug-likeness (QED) is 0.522. The maximum absolute atomic E-state index is 13.6. The zero-order valence-corrected chi connectivity index (χ0v) is 12.4. The second-order valence-corrected chi connectivity index (χ2v) is 5.66. The topological polar surface area (TPSA) is 0 Å². The Hall–Kier alpha value is -0.920. The van der Waals surface area contributed by atoms with Crippen LogP contribution in [0.15, 0.2) is 12.1 Å². The summed E-state index contributed by atoms with van der Waals surface area (Å²) in [6.45, 7) is 6.10. The van der Waals surface area contributed by atoms with Crippen molar-refractivity contribution in [3.63, 3.8) is 0 Å². The molecule has 0 saturated carbocycles. The summed E-state index contributed by atoms with van der Waals surface area (Å²) < 4.78 is 27.0. The van der Waals surface area contributed by atoms with Gasteiger partial charge in [0.25, 0.3) is 0 Å². The molecule has 1 unspecified atom stereocenters. The molecule has 0 aromatic heterocycles. The maximum atomic E-state index is 13.6. The van der Waals surface area contributed by atoms with Crippen molar-refractivity contribution in [2.75, 3.05) is 0 Å². The molecule has 0 aliphatic rings. The van der Waals surface area contributed by atoms with E-state index in [-0.39, 0.29) is 0 Å². The Morgan fingerprint density at radius 3 is 2.42 bits per heavy atom. The molecule has 0 nitrogen and oxygen atoms in total. The van der Waals surface area contributed by atoms with Crippen LogP contribution in [0.3, 0.4) is 0 Å². The van der Waals surface area contributed by atoms with Crippen molar-refractivity contribution in [2.45, 2.75) is 65.7 Å². The van der Waals surface area contributed by atoms with Gasteiger partial charge in [0.15, 0.2) is 11.6 Å². The van der Waals surface area contributed by atoms with Gasteiger partial charge in [-0.05, 0) is 36.8 Å². The Balaban J connectivity index is 2.28. The predicted molar refractivity (Wildman–Crippen MR) is 77.3 cm³/mol. The predicted octanol–water partition coefficient (Wildman–Crippen LogP) is 5.81. The summed E-state index contributed by atoms with van der Waals surface area (Å²) in [5.74, 6) is -0.549. The van der Waals surface area contributed by atoms with Crippen molar-refractivity contribution in [3.8, 4) is 0 Å². The van der Waals surface area contributed by atoms with Crippen molar-refractivity contribution in [1.82, 2.24) is 0 Å². The molecular formula is C17H26F2. The first-order valence-electron chi connectivity index (χ1n) is 7.49. The molecule has 0 bridgehead atoms. The Kier molecular flexibility index (Phi) is 7.04. The van der Waals surface area contributed by atoms with Gasteiger partial charge in [0.1, 0.15) is 0 Å². The minimum atomic E-state index is -0.686. The highest BCUT2D eigenvalue weighted by molar-refractivity contribution is 5.25. The van der Waals surface area contributed by atoms with Crippen LogP contribution in [0.1, 0.15) is 63.5 Å². The Morgan fingerprint density at radius 1 is 1.00 bits per heavy atom. The highest BCUT2D eigenvalue weighted by Gasteiger charge is 2.10. The van der Waals surface area contributed by atoms with Gasteiger partial charge in [-0.2, -0.15) is 0 Å². The molecule has 1 aromatic carbocycles. The average Bonchev–Trinajstić information content (AvgIpc) is 2.38. The Morgan fingerprint density at radius 2 is 1.74 bits per heavy atom. The molecule has 19 heavy (non-hydrogen) atoms. The van der Waals surface area contributed by atoms with E-state index in [0.717, 1.165) is 18.8 Å². The summed E-state index contributed by atoms with van der Waals surface area (Å²) >= 11 is 0. The third kappa shape index (κ3) is 5.30. The second-order valence-electron chi connectivity index (χ2n) is 5.66. The molecule has 1 rings (SSSR count). The van der Waals surface area contributed by atoms with Crippen LogP contribution in [-0.2, 0) is 6.42 Å². The molecule has 0 aliphatic heterocycles. The Labute approximate surface area is 116 Å². The van der Waals surface area contributed by atoms with E-state index >= 15 is 0 Å². The van der Waals surface area contributed by atoms with Gasteiger partial charge in [0.2, 0.25) is 0 Å². The molecule has 0 aliphatic carbocycles. The first-order valence-corrected chi connectivity index (χ1v) is 7.49. The van der Waals surface area contributed by atoms with Crippen LogP contribution in [0, 0.1) is 24.5 Å². The number of hydrogen-bond donors (Lipinski definition) is 0. The molecule has 0 heterocycles. The van der Waals surface area contributed by atoms with Crippen molar-refractivity contribution in [1.29, 1.82) is 0 Å². The van der Waals surface area contributed by atoms with E-state index in [4.69, 9.17) is 0 Å². The van der Waals surface area contributed by atoms with Crippen LogP contribution < -0.4 is 0 Å². The molecule has 0 radical (unpaired) electrons. The number of aryl methyl sites for hydroxylation is 2. The molecular weight excluding hydrogens is 242 g/mol. The third-order valence-electron chi connectivity index (χ3n) is 3.78. The first-order chi connectivity index (χ1) is 9.06. The van der Waals surface area contributed by atoms with Crippen molar-refractivity contribution < 1.29 is 8.78 Å². The summed E-state index contributed by atoms with van der Waals surface area (Å²) in [7, 11) is 0. The molecule has 1 atom stereocenters. The van der Waals surface area contributed by atoms with Crippen LogP contribution in [0.2, 0.25) is 0 Å².